The van der Waals surface area contributed by atoms with Crippen LogP contribution in [0, 0.1) is 11.3 Å². The highest BCUT2D eigenvalue weighted by molar-refractivity contribution is 5.59. The minimum atomic E-state index is -0.194. The molecule has 1 aliphatic rings. The minimum Gasteiger partial charge on any atom is -0.290 e. The zero-order valence-corrected chi connectivity index (χ0v) is 7.52. The standard InChI is InChI=1S/C10H17O/c1-10(2,8-11)9-6-4-3-5-7-9/h9H,3-7H2,1-2H3. The van der Waals surface area contributed by atoms with Gasteiger partial charge in [-0.15, -0.1) is 0 Å². The second-order valence-corrected chi connectivity index (χ2v) is 4.16. The molecule has 63 valence electrons. The Hall–Kier alpha value is -0.330. The molecule has 0 heterocycles. The Kier molecular flexibility index (Phi) is 2.69. The van der Waals surface area contributed by atoms with E-state index in [0.29, 0.717) is 5.92 Å². The van der Waals surface area contributed by atoms with Crippen LogP contribution >= 0.6 is 0 Å². The maximum atomic E-state index is 10.6. The van der Waals surface area contributed by atoms with E-state index < -0.39 is 0 Å². The van der Waals surface area contributed by atoms with E-state index in [0.717, 1.165) is 0 Å². The molecular weight excluding hydrogens is 136 g/mol. The largest absolute Gasteiger partial charge is 0.290 e. The lowest BCUT2D eigenvalue weighted by Crippen LogP contribution is -2.27. The van der Waals surface area contributed by atoms with Gasteiger partial charge in [0.2, 0.25) is 6.29 Å². The summed E-state index contributed by atoms with van der Waals surface area (Å²) in [6, 6.07) is 0. The van der Waals surface area contributed by atoms with Crippen LogP contribution in [0.4, 0.5) is 0 Å². The van der Waals surface area contributed by atoms with Gasteiger partial charge in [0.1, 0.15) is 0 Å². The molecular formula is C10H17O. The van der Waals surface area contributed by atoms with Gasteiger partial charge in [-0.05, 0) is 18.8 Å². The predicted molar refractivity (Wildman–Crippen MR) is 46.0 cm³/mol. The molecule has 1 saturated carbocycles. The topological polar surface area (TPSA) is 17.1 Å². The van der Waals surface area contributed by atoms with Crippen LogP contribution in [0.1, 0.15) is 46.0 Å². The van der Waals surface area contributed by atoms with Crippen molar-refractivity contribution in [3.63, 3.8) is 0 Å². The van der Waals surface area contributed by atoms with Gasteiger partial charge in [0.25, 0.3) is 0 Å². The van der Waals surface area contributed by atoms with Gasteiger partial charge in [-0.1, -0.05) is 33.1 Å². The molecule has 0 N–H and O–H groups in total. The van der Waals surface area contributed by atoms with Crippen molar-refractivity contribution in [1.29, 1.82) is 0 Å². The summed E-state index contributed by atoms with van der Waals surface area (Å²) in [4.78, 5) is 10.6. The van der Waals surface area contributed by atoms with E-state index in [1.54, 1.807) is 0 Å². The molecule has 0 unspecified atom stereocenters. The summed E-state index contributed by atoms with van der Waals surface area (Å²) in [7, 11) is 0. The van der Waals surface area contributed by atoms with Crippen molar-refractivity contribution in [3.8, 4) is 0 Å². The predicted octanol–water partition coefficient (Wildman–Crippen LogP) is 2.70. The van der Waals surface area contributed by atoms with Crippen molar-refractivity contribution in [1.82, 2.24) is 0 Å². The number of carbonyl (C=O) groups excluding carboxylic acids is 1. The molecule has 1 heteroatoms. The fourth-order valence-electron chi connectivity index (χ4n) is 1.91. The van der Waals surface area contributed by atoms with Crippen LogP contribution < -0.4 is 0 Å². The maximum absolute atomic E-state index is 10.6. The van der Waals surface area contributed by atoms with Crippen LogP contribution in [0.15, 0.2) is 0 Å². The van der Waals surface area contributed by atoms with Gasteiger partial charge in [0, 0.05) is 5.41 Å². The third-order valence-electron chi connectivity index (χ3n) is 2.89. The van der Waals surface area contributed by atoms with Crippen molar-refractivity contribution >= 4 is 6.29 Å². The van der Waals surface area contributed by atoms with E-state index in [-0.39, 0.29) is 5.41 Å². The molecule has 0 spiro atoms. The molecule has 1 rings (SSSR count). The summed E-state index contributed by atoms with van der Waals surface area (Å²) in [5.74, 6) is 0.591. The SMILES string of the molecule is CC(C)([C]=O)C1CCCCC1. The molecule has 1 nitrogen and oxygen atoms in total. The van der Waals surface area contributed by atoms with E-state index >= 15 is 0 Å². The molecule has 0 atom stereocenters. The number of hydrogen-bond acceptors (Lipinski definition) is 1. The Labute approximate surface area is 69.2 Å². The van der Waals surface area contributed by atoms with Crippen LogP contribution in [-0.2, 0) is 4.79 Å². The Morgan fingerprint density at radius 2 is 1.73 bits per heavy atom. The fraction of sp³-hybridized carbons (Fsp3) is 0.900. The summed E-state index contributed by atoms with van der Waals surface area (Å²) in [6.07, 6.45) is 8.57. The van der Waals surface area contributed by atoms with E-state index in [9.17, 15) is 4.79 Å². The summed E-state index contributed by atoms with van der Waals surface area (Å²) in [5.41, 5.74) is -0.194. The molecule has 0 aromatic heterocycles. The second kappa shape index (κ2) is 3.38. The van der Waals surface area contributed by atoms with Gasteiger partial charge in [-0.25, -0.2) is 0 Å². The van der Waals surface area contributed by atoms with Crippen molar-refractivity contribution in [2.75, 3.05) is 0 Å². The smallest absolute Gasteiger partial charge is 0.204 e. The van der Waals surface area contributed by atoms with Crippen molar-refractivity contribution < 1.29 is 4.79 Å². The van der Waals surface area contributed by atoms with Crippen molar-refractivity contribution in [2.24, 2.45) is 11.3 Å². The minimum absolute atomic E-state index is 0.194. The van der Waals surface area contributed by atoms with Gasteiger partial charge >= 0.3 is 0 Å². The lowest BCUT2D eigenvalue weighted by atomic mass is 9.72. The third-order valence-corrected chi connectivity index (χ3v) is 2.89. The number of hydrogen-bond donors (Lipinski definition) is 0. The van der Waals surface area contributed by atoms with Crippen LogP contribution in [0.3, 0.4) is 0 Å². The summed E-state index contributed by atoms with van der Waals surface area (Å²) in [5, 5.41) is 0. The Bertz CT molecular complexity index is 132. The summed E-state index contributed by atoms with van der Waals surface area (Å²) < 4.78 is 0. The van der Waals surface area contributed by atoms with Crippen molar-refractivity contribution in [2.45, 2.75) is 46.0 Å². The average molecular weight is 153 g/mol. The molecule has 0 saturated heterocycles. The second-order valence-electron chi connectivity index (χ2n) is 4.16. The zero-order valence-electron chi connectivity index (χ0n) is 7.52. The molecule has 1 aliphatic carbocycles. The third kappa shape index (κ3) is 2.05. The highest BCUT2D eigenvalue weighted by Gasteiger charge is 2.30. The molecule has 0 amide bonds. The molecule has 0 aromatic rings. The van der Waals surface area contributed by atoms with E-state index in [2.05, 4.69) is 6.29 Å². The molecule has 11 heavy (non-hydrogen) atoms. The van der Waals surface area contributed by atoms with Crippen molar-refractivity contribution in [3.05, 3.63) is 0 Å². The first-order valence-corrected chi connectivity index (χ1v) is 4.56. The zero-order chi connectivity index (χ0) is 8.32. The van der Waals surface area contributed by atoms with Gasteiger partial charge in [0.05, 0.1) is 0 Å². The Morgan fingerprint density at radius 3 is 2.18 bits per heavy atom. The van der Waals surface area contributed by atoms with E-state index in [1.807, 2.05) is 13.8 Å². The quantitative estimate of drug-likeness (QED) is 0.596. The molecule has 1 fully saturated rings. The van der Waals surface area contributed by atoms with E-state index in [4.69, 9.17) is 0 Å². The van der Waals surface area contributed by atoms with Crippen LogP contribution in [0.25, 0.3) is 0 Å². The lowest BCUT2D eigenvalue weighted by molar-refractivity contribution is 0.222. The summed E-state index contributed by atoms with van der Waals surface area (Å²) in [6.45, 7) is 4.02. The van der Waals surface area contributed by atoms with E-state index in [1.165, 1.54) is 32.1 Å². The van der Waals surface area contributed by atoms with Gasteiger partial charge in [0.15, 0.2) is 0 Å². The normalized spacial score (nSPS) is 21.6. The highest BCUT2D eigenvalue weighted by atomic mass is 16.1. The highest BCUT2D eigenvalue weighted by Crippen LogP contribution is 2.36. The van der Waals surface area contributed by atoms with Crippen LogP contribution in [0.2, 0.25) is 0 Å². The fourth-order valence-corrected chi connectivity index (χ4v) is 1.91. The average Bonchev–Trinajstić information content (AvgIpc) is 2.06. The maximum Gasteiger partial charge on any atom is 0.204 e. The van der Waals surface area contributed by atoms with Gasteiger partial charge < -0.3 is 0 Å². The summed E-state index contributed by atoms with van der Waals surface area (Å²) >= 11 is 0. The van der Waals surface area contributed by atoms with Crippen LogP contribution in [-0.4, -0.2) is 6.29 Å². The van der Waals surface area contributed by atoms with Gasteiger partial charge in [-0.2, -0.15) is 0 Å². The molecule has 0 aliphatic heterocycles. The Balaban J connectivity index is 2.50. The van der Waals surface area contributed by atoms with Gasteiger partial charge in [-0.3, -0.25) is 4.79 Å². The molecule has 0 bridgehead atoms. The Morgan fingerprint density at radius 1 is 1.18 bits per heavy atom. The first-order chi connectivity index (χ1) is 5.17. The molecule has 1 radical (unpaired) electrons. The first-order valence-electron chi connectivity index (χ1n) is 4.56. The first kappa shape index (κ1) is 8.76. The molecule has 0 aromatic carbocycles. The number of rotatable bonds is 2. The van der Waals surface area contributed by atoms with Crippen LogP contribution in [0.5, 0.6) is 0 Å². The monoisotopic (exact) mass is 153 g/mol. The lowest BCUT2D eigenvalue weighted by Gasteiger charge is -2.31.